The molecule has 0 aliphatic rings. The summed E-state index contributed by atoms with van der Waals surface area (Å²) < 4.78 is 0. The van der Waals surface area contributed by atoms with Gasteiger partial charge in [-0.05, 0) is 6.92 Å². The molecule has 6 heteroatoms. The predicted molar refractivity (Wildman–Crippen MR) is 40.2 cm³/mol. The van der Waals surface area contributed by atoms with Crippen LogP contribution in [0.1, 0.15) is 6.92 Å². The Bertz CT molecular complexity index is 277. The molecular formula is C7H8O6. The zero-order valence-electron chi connectivity index (χ0n) is 6.72. The highest BCUT2D eigenvalue weighted by Crippen LogP contribution is 2.10. The fourth-order valence-electron chi connectivity index (χ4n) is 0.638. The highest BCUT2D eigenvalue weighted by Gasteiger charge is 2.23. The Kier molecular flexibility index (Phi) is 3.64. The summed E-state index contributed by atoms with van der Waals surface area (Å²) in [6.45, 7) is 1.10. The first-order valence-corrected chi connectivity index (χ1v) is 3.27. The van der Waals surface area contributed by atoms with Crippen LogP contribution in [0.25, 0.3) is 0 Å². The van der Waals surface area contributed by atoms with Crippen LogP contribution in [-0.2, 0) is 14.4 Å². The van der Waals surface area contributed by atoms with Crippen LogP contribution in [-0.4, -0.2) is 33.2 Å². The predicted octanol–water partition coefficient (Wildman–Crippen LogP) is -0.197. The lowest BCUT2D eigenvalue weighted by atomic mass is 10.0. The number of carboxylic acids is 3. The molecule has 0 bridgehead atoms. The molecule has 13 heavy (non-hydrogen) atoms. The quantitative estimate of drug-likeness (QED) is 0.527. The number of carboxylic acid groups (broad SMARTS) is 3. The second-order valence-corrected chi connectivity index (χ2v) is 2.30. The zero-order chi connectivity index (χ0) is 10.6. The van der Waals surface area contributed by atoms with E-state index in [0.717, 1.165) is 6.92 Å². The van der Waals surface area contributed by atoms with Gasteiger partial charge in [0.1, 0.15) is 0 Å². The molecule has 0 aromatic rings. The van der Waals surface area contributed by atoms with Gasteiger partial charge in [-0.2, -0.15) is 0 Å². The first-order valence-electron chi connectivity index (χ1n) is 3.27. The highest BCUT2D eigenvalue weighted by molar-refractivity contribution is 5.99. The van der Waals surface area contributed by atoms with E-state index in [0.29, 0.717) is 6.08 Å². The molecule has 0 aromatic heterocycles. The van der Waals surface area contributed by atoms with Crippen molar-refractivity contribution in [3.8, 4) is 0 Å². The maximum atomic E-state index is 10.4. The molecule has 0 aromatic carbocycles. The van der Waals surface area contributed by atoms with E-state index >= 15 is 0 Å². The summed E-state index contributed by atoms with van der Waals surface area (Å²) in [5, 5.41) is 25.1. The Labute approximate surface area is 73.1 Å². The molecule has 0 radical (unpaired) electrons. The lowest BCUT2D eigenvalue weighted by molar-refractivity contribution is -0.143. The topological polar surface area (TPSA) is 112 Å². The molecule has 1 atom stereocenters. The average Bonchev–Trinajstić information content (AvgIpc) is 1.97. The van der Waals surface area contributed by atoms with Gasteiger partial charge in [0.15, 0.2) is 0 Å². The van der Waals surface area contributed by atoms with Crippen molar-refractivity contribution in [2.75, 3.05) is 0 Å². The molecule has 0 fully saturated rings. The van der Waals surface area contributed by atoms with E-state index in [2.05, 4.69) is 0 Å². The van der Waals surface area contributed by atoms with Crippen LogP contribution in [0.2, 0.25) is 0 Å². The lowest BCUT2D eigenvalue weighted by Crippen LogP contribution is -2.19. The number of rotatable bonds is 4. The largest absolute Gasteiger partial charge is 0.481 e. The molecule has 0 spiro atoms. The van der Waals surface area contributed by atoms with E-state index < -0.39 is 29.4 Å². The van der Waals surface area contributed by atoms with Gasteiger partial charge in [0.2, 0.25) is 0 Å². The highest BCUT2D eigenvalue weighted by atomic mass is 16.4. The molecule has 0 saturated heterocycles. The van der Waals surface area contributed by atoms with Gasteiger partial charge in [-0.1, -0.05) is 0 Å². The van der Waals surface area contributed by atoms with Crippen molar-refractivity contribution >= 4 is 17.9 Å². The molecule has 0 aliphatic carbocycles. The van der Waals surface area contributed by atoms with Gasteiger partial charge >= 0.3 is 17.9 Å². The van der Waals surface area contributed by atoms with Crippen molar-refractivity contribution < 1.29 is 29.7 Å². The summed E-state index contributed by atoms with van der Waals surface area (Å²) in [5.41, 5.74) is -0.653. The number of hydrogen-bond donors (Lipinski definition) is 3. The van der Waals surface area contributed by atoms with E-state index in [1.165, 1.54) is 0 Å². The minimum absolute atomic E-state index is 0.376. The molecule has 0 rings (SSSR count). The summed E-state index contributed by atoms with van der Waals surface area (Å²) in [7, 11) is 0. The standard InChI is InChI=1S/C7H8O6/c1-3(6(10)11)4(7(12)13)2-5(8)9/h2-3H,1H3,(H,8,9)(H,10,11)(H,12,13)/b4-2-. The smallest absolute Gasteiger partial charge is 0.332 e. The monoisotopic (exact) mass is 188 g/mol. The molecular weight excluding hydrogens is 180 g/mol. The second kappa shape index (κ2) is 4.24. The minimum Gasteiger partial charge on any atom is -0.481 e. The van der Waals surface area contributed by atoms with Crippen LogP contribution >= 0.6 is 0 Å². The Morgan fingerprint density at radius 3 is 1.85 bits per heavy atom. The maximum Gasteiger partial charge on any atom is 0.332 e. The SMILES string of the molecule is CC(C(=O)O)/C(=C/C(=O)O)C(=O)O. The summed E-state index contributed by atoms with van der Waals surface area (Å²) >= 11 is 0. The third-order valence-corrected chi connectivity index (χ3v) is 1.36. The Hall–Kier alpha value is -1.85. The Morgan fingerprint density at radius 1 is 1.15 bits per heavy atom. The Balaban J connectivity index is 4.93. The van der Waals surface area contributed by atoms with Crippen molar-refractivity contribution in [3.05, 3.63) is 11.6 Å². The zero-order valence-corrected chi connectivity index (χ0v) is 6.72. The van der Waals surface area contributed by atoms with Crippen LogP contribution in [0.4, 0.5) is 0 Å². The van der Waals surface area contributed by atoms with Gasteiger partial charge in [-0.25, -0.2) is 9.59 Å². The number of hydrogen-bond acceptors (Lipinski definition) is 3. The van der Waals surface area contributed by atoms with Crippen LogP contribution in [0.5, 0.6) is 0 Å². The van der Waals surface area contributed by atoms with Crippen molar-refractivity contribution in [3.63, 3.8) is 0 Å². The molecule has 0 amide bonds. The summed E-state index contributed by atoms with van der Waals surface area (Å²) in [4.78, 5) is 30.8. The number of carbonyl (C=O) groups is 3. The molecule has 1 unspecified atom stereocenters. The molecule has 0 saturated carbocycles. The van der Waals surface area contributed by atoms with Gasteiger partial charge < -0.3 is 15.3 Å². The first-order chi connectivity index (χ1) is 5.86. The van der Waals surface area contributed by atoms with E-state index in [4.69, 9.17) is 15.3 Å². The lowest BCUT2D eigenvalue weighted by Gasteiger charge is -2.05. The van der Waals surface area contributed by atoms with Gasteiger partial charge in [0.05, 0.1) is 11.5 Å². The van der Waals surface area contributed by atoms with Crippen LogP contribution in [0.3, 0.4) is 0 Å². The first kappa shape index (κ1) is 11.2. The fourth-order valence-corrected chi connectivity index (χ4v) is 0.638. The molecule has 3 N–H and O–H groups in total. The molecule has 6 nitrogen and oxygen atoms in total. The summed E-state index contributed by atoms with van der Waals surface area (Å²) in [6.07, 6.45) is 0.376. The number of aliphatic carboxylic acids is 3. The van der Waals surface area contributed by atoms with E-state index in [1.54, 1.807) is 0 Å². The third-order valence-electron chi connectivity index (χ3n) is 1.36. The fraction of sp³-hybridized carbons (Fsp3) is 0.286. The molecule has 0 heterocycles. The van der Waals surface area contributed by atoms with E-state index in [9.17, 15) is 14.4 Å². The normalized spacial score (nSPS) is 13.5. The van der Waals surface area contributed by atoms with Crippen molar-refractivity contribution in [2.24, 2.45) is 5.92 Å². The van der Waals surface area contributed by atoms with E-state index in [-0.39, 0.29) is 0 Å². The van der Waals surface area contributed by atoms with Crippen LogP contribution < -0.4 is 0 Å². The van der Waals surface area contributed by atoms with Crippen LogP contribution in [0.15, 0.2) is 11.6 Å². The third kappa shape index (κ3) is 3.37. The molecule has 72 valence electrons. The summed E-state index contributed by atoms with van der Waals surface area (Å²) in [5.74, 6) is -5.74. The molecule has 0 aliphatic heterocycles. The maximum absolute atomic E-state index is 10.4. The van der Waals surface area contributed by atoms with Gasteiger partial charge in [-0.15, -0.1) is 0 Å². The van der Waals surface area contributed by atoms with Crippen molar-refractivity contribution in [2.45, 2.75) is 6.92 Å². The average molecular weight is 188 g/mol. The summed E-state index contributed by atoms with van der Waals surface area (Å²) in [6, 6.07) is 0. The van der Waals surface area contributed by atoms with Gasteiger partial charge in [0, 0.05) is 6.08 Å². The van der Waals surface area contributed by atoms with Crippen molar-refractivity contribution in [1.82, 2.24) is 0 Å². The second-order valence-electron chi connectivity index (χ2n) is 2.30. The van der Waals surface area contributed by atoms with Crippen molar-refractivity contribution in [1.29, 1.82) is 0 Å². The minimum atomic E-state index is -1.54. The van der Waals surface area contributed by atoms with Crippen LogP contribution in [0, 0.1) is 5.92 Å². The van der Waals surface area contributed by atoms with Gasteiger partial charge in [-0.3, -0.25) is 4.79 Å². The van der Waals surface area contributed by atoms with Gasteiger partial charge in [0.25, 0.3) is 0 Å². The van der Waals surface area contributed by atoms with E-state index in [1.807, 2.05) is 0 Å². The Morgan fingerprint density at radius 2 is 1.62 bits per heavy atom.